The summed E-state index contributed by atoms with van der Waals surface area (Å²) in [5.41, 5.74) is 2.38. The normalized spacial score (nSPS) is 19.8. The smallest absolute Gasteiger partial charge is 0.226 e. The number of methoxy groups -OCH3 is 2. The fourth-order valence-electron chi connectivity index (χ4n) is 4.06. The summed E-state index contributed by atoms with van der Waals surface area (Å²) in [7, 11) is 3.32. The molecular weight excluding hydrogens is 396 g/mol. The quantitative estimate of drug-likeness (QED) is 0.801. The van der Waals surface area contributed by atoms with Crippen LogP contribution >= 0.6 is 23.7 Å². The standard InChI is InChI=1S/C21H26N2O3S.ClH/c1-13(15-11-22-12-15)21(24)23-7-6-14-9-17(25-2)18(26-3)10-16(14)20(23)19-5-4-8-27-19;/h4-5,8-10,13,15,20,22H,6-7,11-12H2,1-3H3;1H. The molecule has 152 valence electrons. The predicted molar refractivity (Wildman–Crippen MR) is 114 cm³/mol. The van der Waals surface area contributed by atoms with Gasteiger partial charge in [0, 0.05) is 17.3 Å². The summed E-state index contributed by atoms with van der Waals surface area (Å²) in [5.74, 6) is 2.18. The molecule has 0 aliphatic carbocycles. The first-order chi connectivity index (χ1) is 13.1. The van der Waals surface area contributed by atoms with Crippen molar-refractivity contribution in [1.29, 1.82) is 0 Å². The van der Waals surface area contributed by atoms with Gasteiger partial charge in [-0.25, -0.2) is 0 Å². The summed E-state index contributed by atoms with van der Waals surface area (Å²) < 4.78 is 11.0. The Kier molecular flexibility index (Phi) is 6.53. The maximum atomic E-state index is 13.4. The Bertz CT molecular complexity index is 823. The van der Waals surface area contributed by atoms with Gasteiger partial charge in [0.15, 0.2) is 11.5 Å². The van der Waals surface area contributed by atoms with Crippen LogP contribution in [0.4, 0.5) is 0 Å². The second-order valence-corrected chi connectivity index (χ2v) is 8.29. The number of benzene rings is 1. The van der Waals surface area contributed by atoms with E-state index in [4.69, 9.17) is 9.47 Å². The summed E-state index contributed by atoms with van der Waals surface area (Å²) in [4.78, 5) is 16.6. The first-order valence-corrected chi connectivity index (χ1v) is 10.3. The van der Waals surface area contributed by atoms with Crippen LogP contribution < -0.4 is 14.8 Å². The Morgan fingerprint density at radius 1 is 1.25 bits per heavy atom. The van der Waals surface area contributed by atoms with Crippen molar-refractivity contribution in [2.45, 2.75) is 19.4 Å². The zero-order valence-corrected chi connectivity index (χ0v) is 18.1. The number of carbonyl (C=O) groups is 1. The fraction of sp³-hybridized carbons (Fsp3) is 0.476. The molecule has 7 heteroatoms. The summed E-state index contributed by atoms with van der Waals surface area (Å²) in [6.07, 6.45) is 0.832. The highest BCUT2D eigenvalue weighted by Gasteiger charge is 2.38. The number of thiophene rings is 1. The van der Waals surface area contributed by atoms with Gasteiger partial charge in [0.05, 0.1) is 20.3 Å². The lowest BCUT2D eigenvalue weighted by Gasteiger charge is -2.41. The number of rotatable bonds is 5. The molecule has 1 aromatic carbocycles. The van der Waals surface area contributed by atoms with Gasteiger partial charge in [-0.15, -0.1) is 23.7 Å². The minimum atomic E-state index is -0.0588. The number of nitrogens with one attached hydrogen (secondary N) is 1. The van der Waals surface area contributed by atoms with E-state index in [1.54, 1.807) is 25.6 Å². The zero-order valence-electron chi connectivity index (χ0n) is 16.4. The lowest BCUT2D eigenvalue weighted by molar-refractivity contribution is -0.139. The van der Waals surface area contributed by atoms with Crippen molar-refractivity contribution in [3.05, 3.63) is 45.6 Å². The third kappa shape index (κ3) is 3.61. The number of amides is 1. The molecule has 1 aromatic heterocycles. The summed E-state index contributed by atoms with van der Waals surface area (Å²) in [6.45, 7) is 4.68. The molecule has 2 unspecified atom stereocenters. The molecule has 0 radical (unpaired) electrons. The average molecular weight is 423 g/mol. The van der Waals surface area contributed by atoms with Crippen LogP contribution in [-0.4, -0.2) is 44.7 Å². The Morgan fingerprint density at radius 3 is 2.54 bits per heavy atom. The van der Waals surface area contributed by atoms with Crippen LogP contribution in [0.2, 0.25) is 0 Å². The molecule has 2 atom stereocenters. The van der Waals surface area contributed by atoms with Gasteiger partial charge in [-0.3, -0.25) is 4.79 Å². The van der Waals surface area contributed by atoms with E-state index in [9.17, 15) is 4.79 Å². The van der Waals surface area contributed by atoms with E-state index in [1.807, 2.05) is 6.07 Å². The molecule has 1 amide bonds. The zero-order chi connectivity index (χ0) is 19.0. The molecule has 0 spiro atoms. The van der Waals surface area contributed by atoms with E-state index in [1.165, 1.54) is 10.4 Å². The van der Waals surface area contributed by atoms with Gasteiger partial charge in [-0.05, 0) is 60.1 Å². The molecule has 2 aromatic rings. The summed E-state index contributed by atoms with van der Waals surface area (Å²) in [5, 5.41) is 5.36. The number of hydrogen-bond acceptors (Lipinski definition) is 5. The van der Waals surface area contributed by atoms with Crippen LogP contribution in [0.3, 0.4) is 0 Å². The highest BCUT2D eigenvalue weighted by Crippen LogP contribution is 2.43. The number of nitrogens with zero attached hydrogens (tertiary/aromatic N) is 1. The monoisotopic (exact) mass is 422 g/mol. The first-order valence-electron chi connectivity index (χ1n) is 9.43. The van der Waals surface area contributed by atoms with Crippen LogP contribution in [0.5, 0.6) is 11.5 Å². The number of halogens is 1. The molecule has 28 heavy (non-hydrogen) atoms. The largest absolute Gasteiger partial charge is 0.493 e. The number of hydrogen-bond donors (Lipinski definition) is 1. The first kappa shape index (κ1) is 21.0. The van der Waals surface area contributed by atoms with Crippen LogP contribution in [0.15, 0.2) is 29.6 Å². The van der Waals surface area contributed by atoms with E-state index >= 15 is 0 Å². The molecule has 1 saturated heterocycles. The third-order valence-corrected chi connectivity index (χ3v) is 6.80. The Morgan fingerprint density at radius 2 is 1.96 bits per heavy atom. The van der Waals surface area contributed by atoms with Crippen molar-refractivity contribution in [2.24, 2.45) is 11.8 Å². The molecule has 4 rings (SSSR count). The molecular formula is C21H27ClN2O3S. The Hall–Kier alpha value is -1.76. The minimum Gasteiger partial charge on any atom is -0.493 e. The molecule has 2 aliphatic rings. The number of carbonyl (C=O) groups excluding carboxylic acids is 1. The topological polar surface area (TPSA) is 50.8 Å². The molecule has 1 N–H and O–H groups in total. The molecule has 5 nitrogen and oxygen atoms in total. The summed E-state index contributed by atoms with van der Waals surface area (Å²) >= 11 is 1.70. The lowest BCUT2D eigenvalue weighted by atomic mass is 9.85. The third-order valence-electron chi connectivity index (χ3n) is 5.88. The van der Waals surface area contributed by atoms with Crippen LogP contribution in [0.25, 0.3) is 0 Å². The van der Waals surface area contributed by atoms with Gasteiger partial charge in [0.25, 0.3) is 0 Å². The highest BCUT2D eigenvalue weighted by atomic mass is 35.5. The highest BCUT2D eigenvalue weighted by molar-refractivity contribution is 7.10. The van der Waals surface area contributed by atoms with Crippen molar-refractivity contribution in [3.63, 3.8) is 0 Å². The number of fused-ring (bicyclic) bond motifs is 1. The molecule has 0 bridgehead atoms. The number of ether oxygens (including phenoxy) is 2. The van der Waals surface area contributed by atoms with Gasteiger partial charge in [0.1, 0.15) is 0 Å². The van der Waals surface area contributed by atoms with Crippen molar-refractivity contribution in [3.8, 4) is 11.5 Å². The molecule has 3 heterocycles. The lowest BCUT2D eigenvalue weighted by Crippen LogP contribution is -2.52. The van der Waals surface area contributed by atoms with E-state index in [0.29, 0.717) is 11.7 Å². The second-order valence-electron chi connectivity index (χ2n) is 7.31. The Labute approximate surface area is 176 Å². The van der Waals surface area contributed by atoms with E-state index in [0.717, 1.165) is 37.4 Å². The maximum absolute atomic E-state index is 13.4. The van der Waals surface area contributed by atoms with Crippen LogP contribution in [0, 0.1) is 11.8 Å². The summed E-state index contributed by atoms with van der Waals surface area (Å²) in [6, 6.07) is 8.23. The van der Waals surface area contributed by atoms with Gasteiger partial charge in [-0.2, -0.15) is 0 Å². The van der Waals surface area contributed by atoms with Crippen molar-refractivity contribution in [2.75, 3.05) is 33.9 Å². The van der Waals surface area contributed by atoms with E-state index in [-0.39, 0.29) is 30.3 Å². The van der Waals surface area contributed by atoms with Gasteiger partial charge in [-0.1, -0.05) is 13.0 Å². The average Bonchev–Trinajstić information content (AvgIpc) is 3.18. The molecule has 1 fully saturated rings. The van der Waals surface area contributed by atoms with Gasteiger partial charge < -0.3 is 19.7 Å². The van der Waals surface area contributed by atoms with Crippen molar-refractivity contribution < 1.29 is 14.3 Å². The predicted octanol–water partition coefficient (Wildman–Crippen LogP) is 3.52. The van der Waals surface area contributed by atoms with E-state index in [2.05, 4.69) is 40.7 Å². The van der Waals surface area contributed by atoms with Crippen LogP contribution in [0.1, 0.15) is 29.0 Å². The van der Waals surface area contributed by atoms with Gasteiger partial charge >= 0.3 is 0 Å². The Balaban J connectivity index is 0.00000225. The van der Waals surface area contributed by atoms with Crippen LogP contribution in [-0.2, 0) is 11.2 Å². The minimum absolute atomic E-state index is 0. The van der Waals surface area contributed by atoms with Crippen molar-refractivity contribution in [1.82, 2.24) is 10.2 Å². The molecule has 2 aliphatic heterocycles. The SMILES string of the molecule is COc1cc2c(cc1OC)C(c1cccs1)N(C(=O)C(C)C1CNC1)CC2.Cl. The van der Waals surface area contributed by atoms with Gasteiger partial charge in [0.2, 0.25) is 5.91 Å². The maximum Gasteiger partial charge on any atom is 0.226 e. The molecule has 0 saturated carbocycles. The van der Waals surface area contributed by atoms with Crippen molar-refractivity contribution >= 4 is 29.7 Å². The second kappa shape index (κ2) is 8.72. The fourth-order valence-corrected chi connectivity index (χ4v) is 4.92. The van der Waals surface area contributed by atoms with E-state index < -0.39 is 0 Å².